The largest absolute Gasteiger partial charge is 0.452 e. The molecule has 0 radical (unpaired) electrons. The van der Waals surface area contributed by atoms with Crippen molar-refractivity contribution < 1.29 is 23.9 Å². The number of imide groups is 1. The normalized spacial score (nSPS) is 25.2. The lowest BCUT2D eigenvalue weighted by molar-refractivity contribution is -0.123. The summed E-state index contributed by atoms with van der Waals surface area (Å²) in [6.07, 6.45) is 2.99. The van der Waals surface area contributed by atoms with Crippen molar-refractivity contribution >= 4 is 35.1 Å². The van der Waals surface area contributed by atoms with E-state index in [1.807, 2.05) is 26.0 Å². The number of fused-ring (bicyclic) bond motifs is 5. The lowest BCUT2D eigenvalue weighted by Gasteiger charge is -2.19. The monoisotopic (exact) mass is 444 g/mol. The molecule has 1 saturated heterocycles. The van der Waals surface area contributed by atoms with Gasteiger partial charge >= 0.3 is 5.97 Å². The van der Waals surface area contributed by atoms with Crippen LogP contribution in [-0.2, 0) is 19.1 Å². The summed E-state index contributed by atoms with van der Waals surface area (Å²) in [7, 11) is 0. The van der Waals surface area contributed by atoms with Gasteiger partial charge in [0.1, 0.15) is 0 Å². The van der Waals surface area contributed by atoms with E-state index in [1.165, 1.54) is 22.6 Å². The van der Waals surface area contributed by atoms with E-state index in [2.05, 4.69) is 11.4 Å². The van der Waals surface area contributed by atoms with Gasteiger partial charge in [0, 0.05) is 5.69 Å². The summed E-state index contributed by atoms with van der Waals surface area (Å²) in [4.78, 5) is 52.2. The van der Waals surface area contributed by atoms with E-state index in [1.54, 1.807) is 24.3 Å². The van der Waals surface area contributed by atoms with Gasteiger partial charge in [0.05, 0.1) is 23.1 Å². The minimum Gasteiger partial charge on any atom is -0.452 e. The molecule has 168 valence electrons. The fourth-order valence-corrected chi connectivity index (χ4v) is 5.41. The van der Waals surface area contributed by atoms with Gasteiger partial charge in [-0.05, 0) is 61.9 Å². The van der Waals surface area contributed by atoms with Crippen LogP contribution in [-0.4, -0.2) is 30.3 Å². The van der Waals surface area contributed by atoms with Crippen LogP contribution >= 0.6 is 0 Å². The molecule has 3 amide bonds. The van der Waals surface area contributed by atoms with Gasteiger partial charge in [0.15, 0.2) is 6.61 Å². The van der Waals surface area contributed by atoms with Crippen molar-refractivity contribution in [2.24, 2.45) is 23.7 Å². The molecule has 1 aliphatic heterocycles. The number of benzene rings is 2. The number of allylic oxidation sites excluding steroid dienone is 2. The highest BCUT2D eigenvalue weighted by molar-refractivity contribution is 6.23. The molecular formula is C26H24N2O5. The summed E-state index contributed by atoms with van der Waals surface area (Å²) in [5.41, 5.74) is 3.26. The summed E-state index contributed by atoms with van der Waals surface area (Å²) in [6.45, 7) is 3.44. The predicted molar refractivity (Wildman–Crippen MR) is 121 cm³/mol. The molecule has 0 spiro atoms. The van der Waals surface area contributed by atoms with Crippen LogP contribution in [0.3, 0.4) is 0 Å². The average Bonchev–Trinajstić information content (AvgIpc) is 3.44. The Bertz CT molecular complexity index is 1220. The van der Waals surface area contributed by atoms with Gasteiger partial charge in [-0.1, -0.05) is 35.9 Å². The third kappa shape index (κ3) is 3.53. The van der Waals surface area contributed by atoms with Gasteiger partial charge in [0.2, 0.25) is 11.8 Å². The highest BCUT2D eigenvalue weighted by Gasteiger charge is 2.60. The molecule has 2 aromatic carbocycles. The number of esters is 1. The molecule has 33 heavy (non-hydrogen) atoms. The Kier molecular flexibility index (Phi) is 5.12. The summed E-state index contributed by atoms with van der Waals surface area (Å²) >= 11 is 0. The van der Waals surface area contributed by atoms with E-state index >= 15 is 0 Å². The van der Waals surface area contributed by atoms with Crippen LogP contribution in [0.1, 0.15) is 29.3 Å². The summed E-state index contributed by atoms with van der Waals surface area (Å²) < 4.78 is 5.16. The lowest BCUT2D eigenvalue weighted by Crippen LogP contribution is -2.33. The topological polar surface area (TPSA) is 92.8 Å². The number of nitrogens with one attached hydrogen (secondary N) is 1. The number of carbonyl (C=O) groups is 4. The molecule has 5 rings (SSSR count). The summed E-state index contributed by atoms with van der Waals surface area (Å²) in [6, 6.07) is 13.5. The average molecular weight is 444 g/mol. The molecule has 2 aliphatic carbocycles. The second-order valence-electron chi connectivity index (χ2n) is 8.97. The van der Waals surface area contributed by atoms with Crippen LogP contribution < -0.4 is 10.2 Å². The SMILES string of the molecule is CC1=C[C@H]2C[C@H]1[C@@H]1C(=O)N(c3cccc(C(=O)OCC(=O)Nc4ccccc4C)c3)C(=O)[C@H]12. The Morgan fingerprint density at radius 1 is 1.03 bits per heavy atom. The van der Waals surface area contributed by atoms with Crippen molar-refractivity contribution in [1.82, 2.24) is 0 Å². The van der Waals surface area contributed by atoms with Crippen LogP contribution in [0.4, 0.5) is 11.4 Å². The van der Waals surface area contributed by atoms with Crippen molar-refractivity contribution in [3.8, 4) is 0 Å². The molecule has 2 fully saturated rings. The fraction of sp³-hybridized carbons (Fsp3) is 0.308. The second kappa shape index (κ2) is 7.99. The predicted octanol–water partition coefficient (Wildman–Crippen LogP) is 3.49. The zero-order valence-corrected chi connectivity index (χ0v) is 18.4. The van der Waals surface area contributed by atoms with Gasteiger partial charge in [-0.25, -0.2) is 9.69 Å². The molecule has 1 N–H and O–H groups in total. The van der Waals surface area contributed by atoms with Crippen LogP contribution in [0.25, 0.3) is 0 Å². The van der Waals surface area contributed by atoms with Crippen LogP contribution in [0.15, 0.2) is 60.2 Å². The number of hydrogen-bond acceptors (Lipinski definition) is 5. The van der Waals surface area contributed by atoms with E-state index in [-0.39, 0.29) is 41.0 Å². The maximum absolute atomic E-state index is 13.1. The molecule has 4 atom stereocenters. The molecule has 0 aromatic heterocycles. The van der Waals surface area contributed by atoms with Crippen molar-refractivity contribution in [2.75, 3.05) is 16.8 Å². The number of para-hydroxylation sites is 1. The van der Waals surface area contributed by atoms with Crippen molar-refractivity contribution in [2.45, 2.75) is 20.3 Å². The number of aryl methyl sites for hydroxylation is 1. The Labute approximate surface area is 191 Å². The number of hydrogen-bond donors (Lipinski definition) is 1. The Morgan fingerprint density at radius 3 is 2.58 bits per heavy atom. The van der Waals surface area contributed by atoms with E-state index in [4.69, 9.17) is 4.74 Å². The lowest BCUT2D eigenvalue weighted by atomic mass is 9.82. The van der Waals surface area contributed by atoms with E-state index in [0.29, 0.717) is 11.4 Å². The van der Waals surface area contributed by atoms with Gasteiger partial charge < -0.3 is 10.1 Å². The first-order valence-electron chi connectivity index (χ1n) is 11.0. The number of carbonyl (C=O) groups excluding carboxylic acids is 4. The molecule has 0 unspecified atom stereocenters. The van der Waals surface area contributed by atoms with Crippen molar-refractivity contribution in [1.29, 1.82) is 0 Å². The highest BCUT2D eigenvalue weighted by Crippen LogP contribution is 2.55. The zero-order chi connectivity index (χ0) is 23.3. The quantitative estimate of drug-likeness (QED) is 0.433. The highest BCUT2D eigenvalue weighted by atomic mass is 16.5. The molecule has 7 heteroatoms. The minimum atomic E-state index is -0.700. The van der Waals surface area contributed by atoms with Crippen molar-refractivity contribution in [3.63, 3.8) is 0 Å². The van der Waals surface area contributed by atoms with E-state index in [9.17, 15) is 19.2 Å². The molecule has 2 bridgehead atoms. The van der Waals surface area contributed by atoms with E-state index in [0.717, 1.165) is 12.0 Å². The molecule has 3 aliphatic rings. The van der Waals surface area contributed by atoms with Crippen LogP contribution in [0, 0.1) is 30.6 Å². The number of anilines is 2. The minimum absolute atomic E-state index is 0.112. The van der Waals surface area contributed by atoms with Gasteiger partial charge in [0.25, 0.3) is 5.91 Å². The van der Waals surface area contributed by atoms with Crippen LogP contribution in [0.5, 0.6) is 0 Å². The second-order valence-corrected chi connectivity index (χ2v) is 8.97. The molecular weight excluding hydrogens is 420 g/mol. The Balaban J connectivity index is 1.26. The molecule has 1 saturated carbocycles. The first kappa shape index (κ1) is 21.1. The molecule has 1 heterocycles. The number of nitrogens with zero attached hydrogens (tertiary/aromatic N) is 1. The smallest absolute Gasteiger partial charge is 0.338 e. The van der Waals surface area contributed by atoms with Gasteiger partial charge in [-0.3, -0.25) is 14.4 Å². The Morgan fingerprint density at radius 2 is 1.79 bits per heavy atom. The third-order valence-electron chi connectivity index (χ3n) is 6.97. The Hall–Kier alpha value is -3.74. The van der Waals surface area contributed by atoms with Gasteiger partial charge in [-0.2, -0.15) is 0 Å². The number of ether oxygens (including phenoxy) is 1. The number of amides is 3. The standard InChI is InChI=1S/C26H24N2O5/c1-14-6-3-4-9-20(14)27-21(29)13-33-26(32)16-7-5-8-18(11-16)28-24(30)22-17-10-15(2)19(12-17)23(22)25(28)31/h3-11,17,19,22-23H,12-13H2,1-2H3,(H,27,29)/t17-,19+,22-,23-/m0/s1. The summed E-state index contributed by atoms with van der Waals surface area (Å²) in [5, 5.41) is 2.71. The third-order valence-corrected chi connectivity index (χ3v) is 6.97. The molecule has 7 nitrogen and oxygen atoms in total. The van der Waals surface area contributed by atoms with Crippen LogP contribution in [0.2, 0.25) is 0 Å². The first-order chi connectivity index (χ1) is 15.8. The molecule has 2 aromatic rings. The fourth-order valence-electron chi connectivity index (χ4n) is 5.41. The van der Waals surface area contributed by atoms with E-state index < -0.39 is 18.5 Å². The maximum Gasteiger partial charge on any atom is 0.338 e. The van der Waals surface area contributed by atoms with Crippen molar-refractivity contribution in [3.05, 3.63) is 71.3 Å². The number of rotatable bonds is 5. The zero-order valence-electron chi connectivity index (χ0n) is 18.4. The first-order valence-corrected chi connectivity index (χ1v) is 11.0. The van der Waals surface area contributed by atoms with Gasteiger partial charge in [-0.15, -0.1) is 0 Å². The summed E-state index contributed by atoms with van der Waals surface area (Å²) in [5.74, 6) is -1.95. The maximum atomic E-state index is 13.1.